The Kier molecular flexibility index (Phi) is 8.24. The zero-order chi connectivity index (χ0) is 28.2. The lowest BCUT2D eigenvalue weighted by Gasteiger charge is -2.41. The molecule has 0 aliphatic carbocycles. The van der Waals surface area contributed by atoms with Gasteiger partial charge in [-0.3, -0.25) is 9.59 Å². The molecule has 1 unspecified atom stereocenters. The first-order valence-corrected chi connectivity index (χ1v) is 12.6. The second-order valence-electron chi connectivity index (χ2n) is 9.86. The Morgan fingerprint density at radius 2 is 1.92 bits per heavy atom. The third-order valence-corrected chi connectivity index (χ3v) is 7.16. The van der Waals surface area contributed by atoms with Gasteiger partial charge in [0.15, 0.2) is 0 Å². The summed E-state index contributed by atoms with van der Waals surface area (Å²) in [6, 6.07) is 12.2. The van der Waals surface area contributed by atoms with Crippen LogP contribution in [-0.2, 0) is 27.3 Å². The molecule has 1 aromatic heterocycles. The Bertz CT molecular complexity index is 1330. The first-order valence-electron chi connectivity index (χ1n) is 12.6. The molecule has 1 saturated heterocycles. The molecule has 3 aromatic rings. The van der Waals surface area contributed by atoms with Gasteiger partial charge in [-0.15, -0.1) is 13.2 Å². The molecule has 1 aliphatic heterocycles. The number of rotatable bonds is 10. The number of nitrogens with one attached hydrogen (secondary N) is 2. The molecule has 3 N–H and O–H groups in total. The summed E-state index contributed by atoms with van der Waals surface area (Å²) in [6.07, 6.45) is -2.13. The molecule has 0 saturated carbocycles. The van der Waals surface area contributed by atoms with Gasteiger partial charge in [0.25, 0.3) is 0 Å². The first-order chi connectivity index (χ1) is 18.5. The summed E-state index contributed by atoms with van der Waals surface area (Å²) < 4.78 is 42.9. The molecular weight excluding hydrogens is 515 g/mol. The number of alkyl halides is 3. The van der Waals surface area contributed by atoms with Crippen LogP contribution in [0.1, 0.15) is 37.4 Å². The molecule has 208 valence electrons. The van der Waals surface area contributed by atoms with Crippen molar-refractivity contribution in [3.8, 4) is 0 Å². The minimum atomic E-state index is -5.26. The van der Waals surface area contributed by atoms with Crippen LogP contribution in [0.15, 0.2) is 55.0 Å². The van der Waals surface area contributed by atoms with Crippen LogP contribution in [0.3, 0.4) is 0 Å². The molecule has 2 aromatic carbocycles. The zero-order valence-electron chi connectivity index (χ0n) is 21.4. The van der Waals surface area contributed by atoms with Crippen LogP contribution in [0.4, 0.5) is 13.2 Å². The maximum absolute atomic E-state index is 14.3. The van der Waals surface area contributed by atoms with Gasteiger partial charge < -0.3 is 20.3 Å². The van der Waals surface area contributed by atoms with E-state index >= 15 is 0 Å². The number of halogens is 3. The van der Waals surface area contributed by atoms with E-state index in [1.807, 2.05) is 36.4 Å². The van der Waals surface area contributed by atoms with Gasteiger partial charge in [0.2, 0.25) is 11.8 Å². The average Bonchev–Trinajstić information content (AvgIpc) is 3.55. The third-order valence-electron chi connectivity index (χ3n) is 7.16. The lowest BCUT2D eigenvalue weighted by molar-refractivity contribution is -0.267. The van der Waals surface area contributed by atoms with Crippen molar-refractivity contribution in [1.29, 1.82) is 0 Å². The minimum absolute atomic E-state index is 0.0414. The number of H-pyrrole nitrogens is 1. The predicted octanol–water partition coefficient (Wildman–Crippen LogP) is 3.47. The normalized spacial score (nSPS) is 17.2. The van der Waals surface area contributed by atoms with Crippen molar-refractivity contribution >= 4 is 28.6 Å². The predicted molar refractivity (Wildman–Crippen MR) is 136 cm³/mol. The Morgan fingerprint density at radius 1 is 1.18 bits per heavy atom. The number of aliphatic carboxylic acids is 1. The number of nitrogens with zero attached hydrogens (tertiary/aromatic N) is 3. The highest BCUT2D eigenvalue weighted by atomic mass is 19.4. The second kappa shape index (κ2) is 11.4. The number of hydrogen-bond donors (Lipinski definition) is 3. The largest absolute Gasteiger partial charge is 0.488 e. The molecule has 4 rings (SSSR count). The van der Waals surface area contributed by atoms with Crippen LogP contribution in [0.5, 0.6) is 0 Å². The van der Waals surface area contributed by atoms with E-state index < -0.39 is 47.6 Å². The lowest BCUT2D eigenvalue weighted by atomic mass is 9.89. The summed E-state index contributed by atoms with van der Waals surface area (Å²) in [5.41, 5.74) is -1.30. The third kappa shape index (κ3) is 6.22. The minimum Gasteiger partial charge on any atom is -0.480 e. The highest BCUT2D eigenvalue weighted by molar-refractivity contribution is 5.89. The van der Waals surface area contributed by atoms with Crippen molar-refractivity contribution in [3.63, 3.8) is 0 Å². The fourth-order valence-corrected chi connectivity index (χ4v) is 5.28. The molecular formula is C27H30F3N5O4. The molecule has 2 amide bonds. The monoisotopic (exact) mass is 545 g/mol. The molecule has 0 radical (unpaired) electrons. The number of carbonyl (C=O) groups excluding carboxylic acids is 2. The van der Waals surface area contributed by atoms with E-state index in [0.717, 1.165) is 23.3 Å². The van der Waals surface area contributed by atoms with Crippen LogP contribution >= 0.6 is 0 Å². The molecule has 2 atom stereocenters. The van der Waals surface area contributed by atoms with Crippen molar-refractivity contribution in [2.75, 3.05) is 13.1 Å². The topological polar surface area (TPSA) is 119 Å². The Morgan fingerprint density at radius 3 is 2.62 bits per heavy atom. The molecule has 1 aliphatic rings. The molecule has 0 bridgehead atoms. The number of imidazole rings is 1. The summed E-state index contributed by atoms with van der Waals surface area (Å²) in [7, 11) is 0. The van der Waals surface area contributed by atoms with Crippen LogP contribution in [0.2, 0.25) is 0 Å². The van der Waals surface area contributed by atoms with E-state index in [1.54, 1.807) is 6.07 Å². The van der Waals surface area contributed by atoms with E-state index in [4.69, 9.17) is 0 Å². The number of amides is 2. The maximum atomic E-state index is 14.3. The number of aromatic amines is 1. The van der Waals surface area contributed by atoms with E-state index in [2.05, 4.69) is 15.3 Å². The first kappa shape index (κ1) is 28.1. The van der Waals surface area contributed by atoms with Crippen molar-refractivity contribution in [1.82, 2.24) is 25.1 Å². The summed E-state index contributed by atoms with van der Waals surface area (Å²) in [5, 5.41) is 14.6. The van der Waals surface area contributed by atoms with Crippen LogP contribution in [-0.4, -0.2) is 73.6 Å². The van der Waals surface area contributed by atoms with E-state index in [9.17, 15) is 32.7 Å². The average molecular weight is 546 g/mol. The Hall–Kier alpha value is -3.93. The highest BCUT2D eigenvalue weighted by Gasteiger charge is 2.56. The molecule has 1 fully saturated rings. The van der Waals surface area contributed by atoms with Gasteiger partial charge in [-0.05, 0) is 36.1 Å². The van der Waals surface area contributed by atoms with Gasteiger partial charge in [0, 0.05) is 37.4 Å². The maximum Gasteiger partial charge on any atom is 0.488 e. The smallest absolute Gasteiger partial charge is 0.480 e. The molecule has 0 spiro atoms. The molecule has 9 nitrogen and oxygen atoms in total. The van der Waals surface area contributed by atoms with E-state index in [-0.39, 0.29) is 18.9 Å². The number of aromatic nitrogens is 2. The standard InChI is InChI=1S/C27H30F3N5O4/c1-26(25(38)39,13-21-9-5-11-34(21)23(36)12-20-15-32-17-33-20)35(27(28,29)30)24(37)16-31-14-19-8-4-7-18-6-2-3-10-22(18)19/h2-4,6-8,10,15,17,21,31H,5,9,11-14,16H2,1H3,(H,32,33)(H,38,39)/t21?,26-/m0/s1. The number of fused-ring (bicyclic) bond motifs is 1. The summed E-state index contributed by atoms with van der Waals surface area (Å²) in [6.45, 7) is 0.570. The van der Waals surface area contributed by atoms with Gasteiger partial charge in [-0.2, -0.15) is 0 Å². The van der Waals surface area contributed by atoms with Gasteiger partial charge in [0.1, 0.15) is 5.54 Å². The second-order valence-corrected chi connectivity index (χ2v) is 9.86. The lowest BCUT2D eigenvalue weighted by Crippen LogP contribution is -2.64. The van der Waals surface area contributed by atoms with E-state index in [1.165, 1.54) is 17.4 Å². The van der Waals surface area contributed by atoms with E-state index in [0.29, 0.717) is 25.1 Å². The van der Waals surface area contributed by atoms with Gasteiger partial charge in [-0.1, -0.05) is 42.5 Å². The van der Waals surface area contributed by atoms with Gasteiger partial charge >= 0.3 is 12.3 Å². The Labute approximate surface area is 223 Å². The molecule has 2 heterocycles. The number of carboxylic acid groups (broad SMARTS) is 1. The molecule has 39 heavy (non-hydrogen) atoms. The van der Waals surface area contributed by atoms with Crippen molar-refractivity contribution in [3.05, 3.63) is 66.2 Å². The number of hydrogen-bond acceptors (Lipinski definition) is 5. The van der Waals surface area contributed by atoms with Crippen molar-refractivity contribution in [2.24, 2.45) is 0 Å². The van der Waals surface area contributed by atoms with Crippen LogP contribution in [0, 0.1) is 0 Å². The quantitative estimate of drug-likeness (QED) is 0.336. The number of benzene rings is 2. The SMILES string of the molecule is C[C@](CC1CCCN1C(=O)Cc1cnc[nH]1)(C(=O)O)N(C(=O)CNCc1cccc2ccccc12)C(F)(F)F. The van der Waals surface area contributed by atoms with Gasteiger partial charge in [-0.25, -0.2) is 14.7 Å². The fourth-order valence-electron chi connectivity index (χ4n) is 5.28. The van der Waals surface area contributed by atoms with Crippen molar-refractivity contribution < 1.29 is 32.7 Å². The number of likely N-dealkylation sites (tertiary alicyclic amines) is 1. The van der Waals surface area contributed by atoms with Crippen LogP contribution in [0.25, 0.3) is 10.8 Å². The zero-order valence-corrected chi connectivity index (χ0v) is 21.4. The van der Waals surface area contributed by atoms with Crippen molar-refractivity contribution in [2.45, 2.75) is 57.0 Å². The fraction of sp³-hybridized carbons (Fsp3) is 0.407. The summed E-state index contributed by atoms with van der Waals surface area (Å²) >= 11 is 0. The Balaban J connectivity index is 1.50. The highest BCUT2D eigenvalue weighted by Crippen LogP contribution is 2.36. The van der Waals surface area contributed by atoms with Gasteiger partial charge in [0.05, 0.1) is 19.3 Å². The number of carbonyl (C=O) groups is 3. The number of carboxylic acids is 1. The van der Waals surface area contributed by atoms with Crippen LogP contribution < -0.4 is 5.32 Å². The molecule has 12 heteroatoms. The summed E-state index contributed by atoms with van der Waals surface area (Å²) in [5.74, 6) is -3.56. The summed E-state index contributed by atoms with van der Waals surface area (Å²) in [4.78, 5) is 45.8.